The zero-order chi connectivity index (χ0) is 28.7. The zero-order valence-electron chi connectivity index (χ0n) is 23.8. The van der Waals surface area contributed by atoms with Gasteiger partial charge in [-0.3, -0.25) is 0 Å². The summed E-state index contributed by atoms with van der Waals surface area (Å²) in [7, 11) is 0. The maximum Gasteiger partial charge on any atom is 0.119 e. The van der Waals surface area contributed by atoms with E-state index in [1.54, 1.807) is 0 Å². The lowest BCUT2D eigenvalue weighted by Gasteiger charge is -2.36. The number of rotatable bonds is 14. The Bertz CT molecular complexity index is 1350. The molecule has 0 unspecified atom stereocenters. The molecule has 214 valence electrons. The molecule has 0 bridgehead atoms. The molecule has 0 aliphatic heterocycles. The highest BCUT2D eigenvalue weighted by Crippen LogP contribution is 2.57. The van der Waals surface area contributed by atoms with Crippen molar-refractivity contribution in [2.75, 3.05) is 52.9 Å². The molecule has 0 saturated carbocycles. The molecule has 1 aliphatic rings. The maximum absolute atomic E-state index is 8.93. The van der Waals surface area contributed by atoms with Crippen LogP contribution in [0.25, 0.3) is 11.1 Å². The van der Waals surface area contributed by atoms with E-state index in [9.17, 15) is 0 Å². The number of aryl methyl sites for hydroxylation is 2. The van der Waals surface area contributed by atoms with Gasteiger partial charge in [-0.2, -0.15) is 0 Å². The van der Waals surface area contributed by atoms with Crippen molar-refractivity contribution in [2.24, 2.45) is 0 Å². The average molecular weight is 555 g/mol. The predicted octanol–water partition coefficient (Wildman–Crippen LogP) is 5.44. The van der Waals surface area contributed by atoms with Gasteiger partial charge >= 0.3 is 0 Å². The second-order valence-corrected chi connectivity index (χ2v) is 10.2. The molecule has 4 aromatic carbocycles. The summed E-state index contributed by atoms with van der Waals surface area (Å²) in [5, 5.41) is 17.9. The Morgan fingerprint density at radius 1 is 0.512 bits per heavy atom. The molecule has 6 heteroatoms. The number of benzene rings is 4. The minimum Gasteiger partial charge on any atom is -0.491 e. The molecule has 0 atom stereocenters. The Hall–Kier alpha value is -3.68. The molecule has 0 heterocycles. The van der Waals surface area contributed by atoms with E-state index in [1.165, 1.54) is 33.4 Å². The third-order valence-corrected chi connectivity index (χ3v) is 7.62. The van der Waals surface area contributed by atoms with E-state index >= 15 is 0 Å². The van der Waals surface area contributed by atoms with Crippen LogP contribution >= 0.6 is 0 Å². The van der Waals surface area contributed by atoms with Crippen molar-refractivity contribution in [1.82, 2.24) is 0 Å². The van der Waals surface area contributed by atoms with Gasteiger partial charge in [0.1, 0.15) is 24.7 Å². The fourth-order valence-corrected chi connectivity index (χ4v) is 6.02. The lowest BCUT2D eigenvalue weighted by molar-refractivity contribution is 0.0705. The van der Waals surface area contributed by atoms with Crippen LogP contribution in [-0.2, 0) is 14.9 Å². The van der Waals surface area contributed by atoms with Crippen LogP contribution < -0.4 is 9.47 Å². The molecule has 0 fully saturated rings. The quantitative estimate of drug-likeness (QED) is 0.178. The molecule has 0 spiro atoms. The molecule has 0 saturated heterocycles. The highest BCUT2D eigenvalue weighted by atomic mass is 16.5. The van der Waals surface area contributed by atoms with E-state index in [0.29, 0.717) is 39.6 Å². The monoisotopic (exact) mass is 554 g/mol. The summed E-state index contributed by atoms with van der Waals surface area (Å²) in [6.07, 6.45) is 0. The number of hydrogen-bond donors (Lipinski definition) is 2. The van der Waals surface area contributed by atoms with Gasteiger partial charge in [0.15, 0.2) is 0 Å². The lowest BCUT2D eigenvalue weighted by Crippen LogP contribution is -2.30. The van der Waals surface area contributed by atoms with Gasteiger partial charge < -0.3 is 29.2 Å². The van der Waals surface area contributed by atoms with Gasteiger partial charge in [0.25, 0.3) is 0 Å². The standard InChI is InChI=1S/C35H38O6/c1-25-23-27(40-21-19-38-17-15-36)11-13-31(25)35(32-14-12-28(24-26(32)2)41-22-20-39-18-16-37)33-9-5-3-7-29(33)30-8-4-6-10-34(30)35/h3-14,23-24,36-37H,15-22H2,1-2H3. The molecule has 0 aromatic heterocycles. The first kappa shape index (κ1) is 28.8. The largest absolute Gasteiger partial charge is 0.491 e. The van der Waals surface area contributed by atoms with Crippen LogP contribution in [0.1, 0.15) is 33.4 Å². The molecule has 6 nitrogen and oxygen atoms in total. The van der Waals surface area contributed by atoms with Crippen molar-refractivity contribution in [1.29, 1.82) is 0 Å². The van der Waals surface area contributed by atoms with Crippen LogP contribution in [0, 0.1) is 13.8 Å². The number of aliphatic hydroxyl groups excluding tert-OH is 2. The van der Waals surface area contributed by atoms with Crippen molar-refractivity contribution in [3.05, 3.63) is 118 Å². The van der Waals surface area contributed by atoms with E-state index in [0.717, 1.165) is 22.6 Å². The highest BCUT2D eigenvalue weighted by Gasteiger charge is 2.47. The van der Waals surface area contributed by atoms with Crippen molar-refractivity contribution in [3.8, 4) is 22.6 Å². The summed E-state index contributed by atoms with van der Waals surface area (Å²) >= 11 is 0. The van der Waals surface area contributed by atoms with Crippen LogP contribution in [0.3, 0.4) is 0 Å². The number of fused-ring (bicyclic) bond motifs is 3. The average Bonchev–Trinajstić information content (AvgIpc) is 3.28. The van der Waals surface area contributed by atoms with Gasteiger partial charge in [-0.25, -0.2) is 0 Å². The fraction of sp³-hybridized carbons (Fsp3) is 0.314. The molecule has 2 N–H and O–H groups in total. The van der Waals surface area contributed by atoms with Gasteiger partial charge in [0.2, 0.25) is 0 Å². The predicted molar refractivity (Wildman–Crippen MR) is 160 cm³/mol. The molecular formula is C35H38O6. The SMILES string of the molecule is Cc1cc(OCCOCCO)ccc1C1(c2ccc(OCCOCCO)cc2C)c2ccccc2-c2ccccc21. The van der Waals surface area contributed by atoms with Crippen molar-refractivity contribution in [3.63, 3.8) is 0 Å². The minimum atomic E-state index is -0.521. The van der Waals surface area contributed by atoms with E-state index < -0.39 is 5.41 Å². The molecule has 1 aliphatic carbocycles. The van der Waals surface area contributed by atoms with Crippen molar-refractivity contribution in [2.45, 2.75) is 19.3 Å². The second kappa shape index (κ2) is 13.3. The van der Waals surface area contributed by atoms with E-state index in [-0.39, 0.29) is 13.2 Å². The number of aliphatic hydroxyl groups is 2. The van der Waals surface area contributed by atoms with Crippen LogP contribution in [0.5, 0.6) is 11.5 Å². The highest BCUT2D eigenvalue weighted by molar-refractivity contribution is 5.87. The summed E-state index contributed by atoms with van der Waals surface area (Å²) in [4.78, 5) is 0. The number of ether oxygens (including phenoxy) is 4. The fourth-order valence-electron chi connectivity index (χ4n) is 6.02. The van der Waals surface area contributed by atoms with E-state index in [4.69, 9.17) is 29.2 Å². The normalized spacial score (nSPS) is 13.1. The first-order valence-electron chi connectivity index (χ1n) is 14.2. The Labute approximate surface area is 242 Å². The van der Waals surface area contributed by atoms with Gasteiger partial charge in [-0.1, -0.05) is 60.7 Å². The van der Waals surface area contributed by atoms with Gasteiger partial charge in [-0.05, 0) is 82.6 Å². The van der Waals surface area contributed by atoms with Crippen LogP contribution in [0.4, 0.5) is 0 Å². The molecule has 41 heavy (non-hydrogen) atoms. The first-order chi connectivity index (χ1) is 20.1. The van der Waals surface area contributed by atoms with Crippen molar-refractivity contribution >= 4 is 0 Å². The molecule has 5 rings (SSSR count). The summed E-state index contributed by atoms with van der Waals surface area (Å²) in [6, 6.07) is 30.1. The van der Waals surface area contributed by atoms with Crippen LogP contribution in [-0.4, -0.2) is 63.1 Å². The maximum atomic E-state index is 8.93. The Balaban J connectivity index is 1.58. The van der Waals surface area contributed by atoms with Gasteiger partial charge in [0.05, 0.1) is 45.1 Å². The van der Waals surface area contributed by atoms with Crippen LogP contribution in [0.15, 0.2) is 84.9 Å². The molecule has 0 amide bonds. The molecule has 0 radical (unpaired) electrons. The first-order valence-corrected chi connectivity index (χ1v) is 14.2. The molecular weight excluding hydrogens is 516 g/mol. The Morgan fingerprint density at radius 2 is 0.951 bits per heavy atom. The Morgan fingerprint density at radius 3 is 1.37 bits per heavy atom. The summed E-state index contributed by atoms with van der Waals surface area (Å²) < 4.78 is 22.7. The van der Waals surface area contributed by atoms with Crippen molar-refractivity contribution < 1.29 is 29.2 Å². The van der Waals surface area contributed by atoms with Gasteiger partial charge in [0, 0.05) is 0 Å². The van der Waals surface area contributed by atoms with Crippen LogP contribution in [0.2, 0.25) is 0 Å². The third-order valence-electron chi connectivity index (χ3n) is 7.62. The minimum absolute atomic E-state index is 0.00437. The summed E-state index contributed by atoms with van der Waals surface area (Å²) in [6.45, 7) is 6.61. The smallest absolute Gasteiger partial charge is 0.119 e. The second-order valence-electron chi connectivity index (χ2n) is 10.2. The summed E-state index contributed by atoms with van der Waals surface area (Å²) in [5.74, 6) is 1.58. The van der Waals surface area contributed by atoms with E-state index in [1.807, 2.05) is 12.1 Å². The van der Waals surface area contributed by atoms with Gasteiger partial charge in [-0.15, -0.1) is 0 Å². The topological polar surface area (TPSA) is 77.4 Å². The number of hydrogen-bond acceptors (Lipinski definition) is 6. The lowest BCUT2D eigenvalue weighted by atomic mass is 9.65. The van der Waals surface area contributed by atoms with E-state index in [2.05, 4.69) is 86.6 Å². The zero-order valence-corrected chi connectivity index (χ0v) is 23.8. The summed E-state index contributed by atoms with van der Waals surface area (Å²) in [5.41, 5.74) is 9.13. The Kier molecular flexibility index (Phi) is 9.37. The molecule has 4 aromatic rings. The third kappa shape index (κ3) is 5.74.